The Labute approximate surface area is 90.7 Å². The van der Waals surface area contributed by atoms with Gasteiger partial charge in [0, 0.05) is 6.54 Å². The highest BCUT2D eigenvalue weighted by Gasteiger charge is 1.98. The number of nitrogens with one attached hydrogen (secondary N) is 1. The van der Waals surface area contributed by atoms with Crippen LogP contribution in [0, 0.1) is 13.8 Å². The van der Waals surface area contributed by atoms with Crippen LogP contribution in [0.3, 0.4) is 0 Å². The van der Waals surface area contributed by atoms with E-state index in [1.54, 1.807) is 0 Å². The van der Waals surface area contributed by atoms with E-state index in [0.717, 1.165) is 6.42 Å². The second-order valence-electron chi connectivity index (χ2n) is 3.72. The maximum Gasteiger partial charge on any atom is 0.233 e. The van der Waals surface area contributed by atoms with Crippen molar-refractivity contribution >= 4 is 5.91 Å². The Balaban J connectivity index is 2.44. The van der Waals surface area contributed by atoms with E-state index in [-0.39, 0.29) is 12.5 Å². The molecule has 0 aliphatic rings. The Hall–Kier alpha value is -1.35. The van der Waals surface area contributed by atoms with E-state index in [2.05, 4.69) is 37.4 Å². The van der Waals surface area contributed by atoms with E-state index in [1.807, 2.05) is 0 Å². The smallest absolute Gasteiger partial charge is 0.233 e. The number of carbonyl (C=O) groups is 1. The first-order valence-electron chi connectivity index (χ1n) is 5.16. The summed E-state index contributed by atoms with van der Waals surface area (Å²) in [6, 6.07) is 6.36. The summed E-state index contributed by atoms with van der Waals surface area (Å²) in [4.78, 5) is 10.9. The zero-order valence-corrected chi connectivity index (χ0v) is 9.34. The first-order valence-corrected chi connectivity index (χ1v) is 5.16. The Kier molecular flexibility index (Phi) is 4.31. The van der Waals surface area contributed by atoms with Crippen LogP contribution in [0.15, 0.2) is 18.2 Å². The maximum absolute atomic E-state index is 10.9. The monoisotopic (exact) mass is 206 g/mol. The molecule has 1 aromatic rings. The van der Waals surface area contributed by atoms with Crippen LogP contribution >= 0.6 is 0 Å². The van der Waals surface area contributed by atoms with E-state index < -0.39 is 0 Å². The third-order valence-corrected chi connectivity index (χ3v) is 2.49. The van der Waals surface area contributed by atoms with Gasteiger partial charge < -0.3 is 11.1 Å². The highest BCUT2D eigenvalue weighted by Crippen LogP contribution is 2.09. The second-order valence-corrected chi connectivity index (χ2v) is 3.72. The summed E-state index contributed by atoms with van der Waals surface area (Å²) in [5.41, 5.74) is 9.01. The molecule has 3 nitrogen and oxygen atoms in total. The first-order chi connectivity index (χ1) is 7.13. The van der Waals surface area contributed by atoms with Crippen LogP contribution in [-0.4, -0.2) is 19.0 Å². The fraction of sp³-hybridized carbons (Fsp3) is 0.417. The van der Waals surface area contributed by atoms with Gasteiger partial charge in [-0.3, -0.25) is 4.79 Å². The van der Waals surface area contributed by atoms with Gasteiger partial charge in [0.15, 0.2) is 0 Å². The van der Waals surface area contributed by atoms with Crippen LogP contribution in [0.1, 0.15) is 16.7 Å². The molecule has 0 bridgehead atoms. The molecule has 0 fully saturated rings. The quantitative estimate of drug-likeness (QED) is 0.769. The molecule has 82 valence electrons. The molecule has 0 spiro atoms. The minimum Gasteiger partial charge on any atom is -0.355 e. The number of amides is 1. The molecule has 0 aliphatic heterocycles. The average molecular weight is 206 g/mol. The van der Waals surface area contributed by atoms with Gasteiger partial charge in [0.25, 0.3) is 0 Å². The number of aryl methyl sites for hydroxylation is 2. The summed E-state index contributed by atoms with van der Waals surface area (Å²) in [6.45, 7) is 4.90. The minimum absolute atomic E-state index is 0.0624. The molecule has 0 aliphatic carbocycles. The summed E-state index contributed by atoms with van der Waals surface area (Å²) in [5, 5.41) is 2.75. The van der Waals surface area contributed by atoms with Crippen LogP contribution in [0.4, 0.5) is 0 Å². The summed E-state index contributed by atoms with van der Waals surface area (Å²) < 4.78 is 0. The molecule has 0 aromatic heterocycles. The lowest BCUT2D eigenvalue weighted by Gasteiger charge is -2.06. The summed E-state index contributed by atoms with van der Waals surface area (Å²) in [7, 11) is 0. The van der Waals surface area contributed by atoms with Crippen molar-refractivity contribution in [3.63, 3.8) is 0 Å². The average Bonchev–Trinajstić information content (AvgIpc) is 2.23. The van der Waals surface area contributed by atoms with Gasteiger partial charge in [-0.25, -0.2) is 0 Å². The molecule has 0 unspecified atom stereocenters. The number of rotatable bonds is 4. The van der Waals surface area contributed by atoms with Crippen LogP contribution in [0.5, 0.6) is 0 Å². The number of hydrogen-bond donors (Lipinski definition) is 2. The van der Waals surface area contributed by atoms with Gasteiger partial charge in [-0.1, -0.05) is 18.2 Å². The molecule has 1 aromatic carbocycles. The van der Waals surface area contributed by atoms with Crippen molar-refractivity contribution < 1.29 is 4.79 Å². The van der Waals surface area contributed by atoms with Crippen molar-refractivity contribution in [1.82, 2.24) is 5.32 Å². The van der Waals surface area contributed by atoms with Crippen molar-refractivity contribution in [3.8, 4) is 0 Å². The minimum atomic E-state index is -0.0983. The van der Waals surface area contributed by atoms with Gasteiger partial charge in [0.2, 0.25) is 5.91 Å². The Bertz CT molecular complexity index is 347. The number of nitrogens with two attached hydrogens (primary N) is 1. The predicted octanol–water partition coefficient (Wildman–Crippen LogP) is 0.921. The summed E-state index contributed by atoms with van der Waals surface area (Å²) in [6.07, 6.45) is 0.854. The molecular weight excluding hydrogens is 188 g/mol. The Morgan fingerprint density at radius 1 is 1.33 bits per heavy atom. The molecule has 0 atom stereocenters. The standard InChI is InChI=1S/C12H18N2O/c1-9-3-4-11(7-10(9)2)5-6-14-12(15)8-13/h3-4,7H,5-6,8,13H2,1-2H3,(H,14,15). The molecule has 1 amide bonds. The predicted molar refractivity (Wildman–Crippen MR) is 61.7 cm³/mol. The van der Waals surface area contributed by atoms with Gasteiger partial charge in [0.05, 0.1) is 6.54 Å². The van der Waals surface area contributed by atoms with Crippen LogP contribution < -0.4 is 11.1 Å². The van der Waals surface area contributed by atoms with Crippen LogP contribution in [0.2, 0.25) is 0 Å². The fourth-order valence-electron chi connectivity index (χ4n) is 1.38. The van der Waals surface area contributed by atoms with E-state index in [9.17, 15) is 4.79 Å². The number of hydrogen-bond acceptors (Lipinski definition) is 2. The molecule has 15 heavy (non-hydrogen) atoms. The molecule has 0 heterocycles. The van der Waals surface area contributed by atoms with Crippen molar-refractivity contribution in [2.24, 2.45) is 5.73 Å². The van der Waals surface area contributed by atoms with Gasteiger partial charge >= 0.3 is 0 Å². The SMILES string of the molecule is Cc1ccc(CCNC(=O)CN)cc1C. The molecule has 1 rings (SSSR count). The Morgan fingerprint density at radius 3 is 2.67 bits per heavy atom. The van der Waals surface area contributed by atoms with Gasteiger partial charge in [-0.2, -0.15) is 0 Å². The van der Waals surface area contributed by atoms with Crippen molar-refractivity contribution in [1.29, 1.82) is 0 Å². The largest absolute Gasteiger partial charge is 0.355 e. The van der Waals surface area contributed by atoms with E-state index in [0.29, 0.717) is 6.54 Å². The number of benzene rings is 1. The van der Waals surface area contributed by atoms with Gasteiger partial charge in [0.1, 0.15) is 0 Å². The molecule has 0 radical (unpaired) electrons. The lowest BCUT2D eigenvalue weighted by atomic mass is 10.0. The summed E-state index contributed by atoms with van der Waals surface area (Å²) >= 11 is 0. The zero-order valence-electron chi connectivity index (χ0n) is 9.34. The van der Waals surface area contributed by atoms with Crippen molar-refractivity contribution in [2.45, 2.75) is 20.3 Å². The van der Waals surface area contributed by atoms with Crippen LogP contribution in [-0.2, 0) is 11.2 Å². The fourth-order valence-corrected chi connectivity index (χ4v) is 1.38. The highest BCUT2D eigenvalue weighted by molar-refractivity contribution is 5.77. The van der Waals surface area contributed by atoms with Gasteiger partial charge in [-0.05, 0) is 37.0 Å². The normalized spacial score (nSPS) is 10.1. The van der Waals surface area contributed by atoms with E-state index in [4.69, 9.17) is 5.73 Å². The third-order valence-electron chi connectivity index (χ3n) is 2.49. The lowest BCUT2D eigenvalue weighted by Crippen LogP contribution is -2.31. The van der Waals surface area contributed by atoms with Crippen molar-refractivity contribution in [3.05, 3.63) is 34.9 Å². The van der Waals surface area contributed by atoms with E-state index in [1.165, 1.54) is 16.7 Å². The highest BCUT2D eigenvalue weighted by atomic mass is 16.1. The molecule has 3 N–H and O–H groups in total. The zero-order chi connectivity index (χ0) is 11.3. The van der Waals surface area contributed by atoms with Gasteiger partial charge in [-0.15, -0.1) is 0 Å². The first kappa shape index (κ1) is 11.7. The second kappa shape index (κ2) is 5.51. The molecule has 0 saturated heterocycles. The molecular formula is C12H18N2O. The Morgan fingerprint density at radius 2 is 2.07 bits per heavy atom. The number of carbonyl (C=O) groups excluding carboxylic acids is 1. The molecule has 0 saturated carbocycles. The maximum atomic E-state index is 10.9. The van der Waals surface area contributed by atoms with Crippen LogP contribution in [0.25, 0.3) is 0 Å². The molecule has 3 heteroatoms. The lowest BCUT2D eigenvalue weighted by molar-refractivity contribution is -0.119. The third kappa shape index (κ3) is 3.72. The van der Waals surface area contributed by atoms with E-state index >= 15 is 0 Å². The topological polar surface area (TPSA) is 55.1 Å². The van der Waals surface area contributed by atoms with Crippen molar-refractivity contribution in [2.75, 3.05) is 13.1 Å². The summed E-state index contributed by atoms with van der Waals surface area (Å²) in [5.74, 6) is -0.0983.